The van der Waals surface area contributed by atoms with Crippen LogP contribution in [0.5, 0.6) is 5.75 Å². The molecule has 1 fully saturated rings. The minimum Gasteiger partial charge on any atom is -0.487 e. The molecule has 2 N–H and O–H groups in total. The number of pyridine rings is 2. The van der Waals surface area contributed by atoms with E-state index in [2.05, 4.69) is 25.1 Å². The number of amides is 1. The Labute approximate surface area is 190 Å². The van der Waals surface area contributed by atoms with Crippen molar-refractivity contribution in [1.82, 2.24) is 20.2 Å². The summed E-state index contributed by atoms with van der Waals surface area (Å²) < 4.78 is 20.7. The average molecular weight is 452 g/mol. The van der Waals surface area contributed by atoms with Gasteiger partial charge >= 0.3 is 0 Å². The number of piperazine rings is 1. The van der Waals surface area contributed by atoms with E-state index in [-0.39, 0.29) is 22.8 Å². The van der Waals surface area contributed by atoms with Crippen molar-refractivity contribution in [2.45, 2.75) is 19.9 Å². The van der Waals surface area contributed by atoms with Gasteiger partial charge in [-0.2, -0.15) is 0 Å². The van der Waals surface area contributed by atoms with Gasteiger partial charge in [0.05, 0.1) is 23.5 Å². The van der Waals surface area contributed by atoms with Gasteiger partial charge in [0.1, 0.15) is 5.69 Å². The average Bonchev–Trinajstić information content (AvgIpc) is 3.32. The highest BCUT2D eigenvalue weighted by Gasteiger charge is 2.24. The fourth-order valence-electron chi connectivity index (χ4n) is 4.73. The highest BCUT2D eigenvalue weighted by molar-refractivity contribution is 5.92. The lowest BCUT2D eigenvalue weighted by Gasteiger charge is -2.36. The summed E-state index contributed by atoms with van der Waals surface area (Å²) in [6.45, 7) is 5.91. The third kappa shape index (κ3) is 3.82. The van der Waals surface area contributed by atoms with E-state index < -0.39 is 0 Å². The first kappa shape index (κ1) is 21.4. The van der Waals surface area contributed by atoms with E-state index in [0.717, 1.165) is 48.5 Å². The molecule has 1 aromatic carbocycles. The zero-order valence-electron chi connectivity index (χ0n) is 18.7. The maximum absolute atomic E-state index is 15.3. The summed E-state index contributed by atoms with van der Waals surface area (Å²) in [5.74, 6) is -0.254. The summed E-state index contributed by atoms with van der Waals surface area (Å²) in [6.07, 6.45) is 0.620. The van der Waals surface area contributed by atoms with Crippen molar-refractivity contribution in [3.63, 3.8) is 0 Å². The zero-order chi connectivity index (χ0) is 23.1. The fourth-order valence-corrected chi connectivity index (χ4v) is 4.73. The van der Waals surface area contributed by atoms with Crippen LogP contribution in [-0.2, 0) is 13.0 Å². The standard InChI is InChI=1S/C24H26FN5O3/c1-14-19(6-5-18(27-14)23(31)26-2)30-10-8-29(9-11-30)13-15-3-4-16-17-7-12-33-22(17)24(32)28-21(16)20(15)25/h3-6H,7-13H2,1-2H3,(H,26,31)(H,28,32). The lowest BCUT2D eigenvalue weighted by atomic mass is 10.0. The monoisotopic (exact) mass is 451 g/mol. The number of aromatic amines is 1. The first-order valence-electron chi connectivity index (χ1n) is 11.1. The number of ether oxygens (including phenoxy) is 1. The summed E-state index contributed by atoms with van der Waals surface area (Å²) in [7, 11) is 1.59. The first-order chi connectivity index (χ1) is 16.0. The molecule has 1 saturated heterocycles. The molecule has 2 aliphatic heterocycles. The minimum atomic E-state index is -0.369. The lowest BCUT2D eigenvalue weighted by molar-refractivity contribution is 0.0958. The number of aromatic nitrogens is 2. The number of nitrogens with zero attached hydrogens (tertiary/aromatic N) is 3. The Morgan fingerprint density at radius 3 is 2.73 bits per heavy atom. The fraction of sp³-hybridized carbons (Fsp3) is 0.375. The summed E-state index contributed by atoms with van der Waals surface area (Å²) in [5.41, 5.74) is 3.47. The zero-order valence-corrected chi connectivity index (χ0v) is 18.7. The normalized spacial score (nSPS) is 16.0. The second-order valence-electron chi connectivity index (χ2n) is 8.46. The summed E-state index contributed by atoms with van der Waals surface area (Å²) in [5, 5.41) is 3.31. The van der Waals surface area contributed by atoms with Gasteiger partial charge in [-0.15, -0.1) is 0 Å². The van der Waals surface area contributed by atoms with Crippen molar-refractivity contribution >= 4 is 22.5 Å². The lowest BCUT2D eigenvalue weighted by Crippen LogP contribution is -2.46. The number of anilines is 1. The van der Waals surface area contributed by atoms with Crippen LogP contribution in [0.25, 0.3) is 10.9 Å². The predicted molar refractivity (Wildman–Crippen MR) is 124 cm³/mol. The van der Waals surface area contributed by atoms with E-state index >= 15 is 4.39 Å². The molecule has 33 heavy (non-hydrogen) atoms. The molecule has 5 rings (SSSR count). The van der Waals surface area contributed by atoms with E-state index in [1.54, 1.807) is 13.1 Å². The molecule has 0 bridgehead atoms. The van der Waals surface area contributed by atoms with Crippen LogP contribution in [0.4, 0.5) is 10.1 Å². The summed E-state index contributed by atoms with van der Waals surface area (Å²) >= 11 is 0. The van der Waals surface area contributed by atoms with Crippen molar-refractivity contribution in [2.24, 2.45) is 0 Å². The first-order valence-corrected chi connectivity index (χ1v) is 11.1. The van der Waals surface area contributed by atoms with Gasteiger partial charge in [-0.05, 0) is 19.1 Å². The molecular formula is C24H26FN5O3. The van der Waals surface area contributed by atoms with Crippen molar-refractivity contribution in [3.05, 3.63) is 63.0 Å². The second kappa shape index (κ2) is 8.47. The van der Waals surface area contributed by atoms with Crippen LogP contribution in [0.15, 0.2) is 29.1 Å². The molecule has 0 saturated carbocycles. The summed E-state index contributed by atoms with van der Waals surface area (Å²) in [6, 6.07) is 7.37. The van der Waals surface area contributed by atoms with Crippen molar-refractivity contribution in [3.8, 4) is 5.75 Å². The third-order valence-electron chi connectivity index (χ3n) is 6.49. The van der Waals surface area contributed by atoms with Gasteiger partial charge in [0, 0.05) is 62.7 Å². The number of hydrogen-bond acceptors (Lipinski definition) is 6. The number of carbonyl (C=O) groups is 1. The number of nitrogens with one attached hydrogen (secondary N) is 2. The van der Waals surface area contributed by atoms with Gasteiger partial charge in [-0.1, -0.05) is 12.1 Å². The number of halogens is 1. The van der Waals surface area contributed by atoms with Crippen LogP contribution in [-0.4, -0.2) is 60.6 Å². The molecule has 8 nitrogen and oxygen atoms in total. The number of H-pyrrole nitrogens is 1. The summed E-state index contributed by atoms with van der Waals surface area (Å²) in [4.78, 5) is 35.6. The molecule has 4 heterocycles. The minimum absolute atomic E-state index is 0.203. The Hall–Kier alpha value is -3.46. The number of carbonyl (C=O) groups excluding carboxylic acids is 1. The van der Waals surface area contributed by atoms with Crippen LogP contribution < -0.4 is 20.5 Å². The molecule has 172 valence electrons. The van der Waals surface area contributed by atoms with Gasteiger partial charge in [0.15, 0.2) is 11.6 Å². The Balaban J connectivity index is 1.30. The van der Waals surface area contributed by atoms with Crippen LogP contribution in [0.1, 0.15) is 27.3 Å². The number of fused-ring (bicyclic) bond motifs is 3. The molecule has 2 aliphatic rings. The van der Waals surface area contributed by atoms with E-state index in [1.807, 2.05) is 25.1 Å². The smallest absolute Gasteiger partial charge is 0.291 e. The van der Waals surface area contributed by atoms with Crippen molar-refractivity contribution in [2.75, 3.05) is 44.7 Å². The Bertz CT molecular complexity index is 1300. The Morgan fingerprint density at radius 2 is 2.00 bits per heavy atom. The number of rotatable bonds is 4. The van der Waals surface area contributed by atoms with Crippen LogP contribution in [0.2, 0.25) is 0 Å². The van der Waals surface area contributed by atoms with Crippen LogP contribution >= 0.6 is 0 Å². The van der Waals surface area contributed by atoms with E-state index in [1.165, 1.54) is 0 Å². The topological polar surface area (TPSA) is 90.6 Å². The SMILES string of the molecule is CNC(=O)c1ccc(N2CCN(Cc3ccc4c5c(c(=O)[nH]c4c3F)OCC5)CC2)c(C)n1. The molecular weight excluding hydrogens is 425 g/mol. The van der Waals surface area contributed by atoms with Crippen LogP contribution in [0, 0.1) is 12.7 Å². The molecule has 0 radical (unpaired) electrons. The van der Waals surface area contributed by atoms with Crippen molar-refractivity contribution < 1.29 is 13.9 Å². The van der Waals surface area contributed by atoms with Crippen molar-refractivity contribution in [1.29, 1.82) is 0 Å². The molecule has 9 heteroatoms. The van der Waals surface area contributed by atoms with E-state index in [4.69, 9.17) is 4.74 Å². The maximum Gasteiger partial charge on any atom is 0.291 e. The Kier molecular flexibility index (Phi) is 5.49. The number of aryl methyl sites for hydroxylation is 1. The third-order valence-corrected chi connectivity index (χ3v) is 6.49. The van der Waals surface area contributed by atoms with Gasteiger partial charge < -0.3 is 19.9 Å². The van der Waals surface area contributed by atoms with Gasteiger partial charge in [0.25, 0.3) is 11.5 Å². The van der Waals surface area contributed by atoms with E-state index in [0.29, 0.717) is 36.6 Å². The van der Waals surface area contributed by atoms with E-state index in [9.17, 15) is 9.59 Å². The largest absolute Gasteiger partial charge is 0.487 e. The molecule has 2 aromatic heterocycles. The molecule has 0 unspecified atom stereocenters. The highest BCUT2D eigenvalue weighted by Crippen LogP contribution is 2.30. The molecule has 0 atom stereocenters. The van der Waals surface area contributed by atoms with Gasteiger partial charge in [-0.25, -0.2) is 9.37 Å². The quantitative estimate of drug-likeness (QED) is 0.631. The molecule has 1 amide bonds. The molecule has 0 aliphatic carbocycles. The maximum atomic E-state index is 15.3. The Morgan fingerprint density at radius 1 is 1.21 bits per heavy atom. The van der Waals surface area contributed by atoms with Crippen LogP contribution in [0.3, 0.4) is 0 Å². The number of hydrogen-bond donors (Lipinski definition) is 2. The number of benzene rings is 1. The van der Waals surface area contributed by atoms with Gasteiger partial charge in [0.2, 0.25) is 0 Å². The molecule has 0 spiro atoms. The van der Waals surface area contributed by atoms with Gasteiger partial charge in [-0.3, -0.25) is 14.5 Å². The second-order valence-corrected chi connectivity index (χ2v) is 8.46. The molecule has 3 aromatic rings. The predicted octanol–water partition coefficient (Wildman–Crippen LogP) is 1.99. The highest BCUT2D eigenvalue weighted by atomic mass is 19.1.